The minimum Gasteiger partial charge on any atom is -0.414 e. The summed E-state index contributed by atoms with van der Waals surface area (Å²) in [6, 6.07) is 0. The van der Waals surface area contributed by atoms with Gasteiger partial charge in [0, 0.05) is 24.7 Å². The van der Waals surface area contributed by atoms with Crippen molar-refractivity contribution in [2.75, 3.05) is 0 Å². The summed E-state index contributed by atoms with van der Waals surface area (Å²) in [5.41, 5.74) is 0. The quantitative estimate of drug-likeness (QED) is 0.609. The molecule has 4 atom stereocenters. The van der Waals surface area contributed by atoms with Crippen molar-refractivity contribution in [1.29, 1.82) is 0 Å². The summed E-state index contributed by atoms with van der Waals surface area (Å²) in [4.78, 5) is 36.1. The average Bonchev–Trinajstić information content (AvgIpc) is 2.39. The molecule has 0 aromatic carbocycles. The molecule has 24 heavy (non-hydrogen) atoms. The van der Waals surface area contributed by atoms with Crippen LogP contribution in [0.2, 0.25) is 19.6 Å². The van der Waals surface area contributed by atoms with Gasteiger partial charge in [-0.25, -0.2) is 0 Å². The normalized spacial score (nSPS) is 31.0. The molecule has 2 amide bonds. The maximum atomic E-state index is 12.8. The lowest BCUT2D eigenvalue weighted by Gasteiger charge is -2.39. The van der Waals surface area contributed by atoms with Crippen molar-refractivity contribution < 1.29 is 18.8 Å². The van der Waals surface area contributed by atoms with Crippen molar-refractivity contribution in [3.05, 3.63) is 0 Å². The zero-order valence-electron chi connectivity index (χ0n) is 15.6. The van der Waals surface area contributed by atoms with E-state index in [4.69, 9.17) is 4.43 Å². The lowest BCUT2D eigenvalue weighted by atomic mass is 9.71. The summed E-state index contributed by atoms with van der Waals surface area (Å²) in [6.07, 6.45) is 2.95. The zero-order chi connectivity index (χ0) is 18.1. The Morgan fingerprint density at radius 2 is 1.67 bits per heavy atom. The van der Waals surface area contributed by atoms with Crippen LogP contribution < -0.4 is 5.32 Å². The third kappa shape index (κ3) is 5.24. The van der Waals surface area contributed by atoms with Crippen molar-refractivity contribution in [1.82, 2.24) is 5.32 Å². The molecule has 0 unspecified atom stereocenters. The molecule has 136 valence electrons. The van der Waals surface area contributed by atoms with Crippen molar-refractivity contribution in [3.63, 3.8) is 0 Å². The topological polar surface area (TPSA) is 72.5 Å². The van der Waals surface area contributed by atoms with Crippen LogP contribution in [0.3, 0.4) is 0 Å². The molecule has 0 radical (unpaired) electrons. The highest BCUT2D eigenvalue weighted by molar-refractivity contribution is 6.69. The molecule has 0 bridgehead atoms. The van der Waals surface area contributed by atoms with Crippen molar-refractivity contribution in [2.24, 2.45) is 23.7 Å². The molecule has 6 heteroatoms. The van der Waals surface area contributed by atoms with Crippen LogP contribution in [0.25, 0.3) is 0 Å². The Hall–Kier alpha value is -1.01. The smallest absolute Gasteiger partial charge is 0.226 e. The third-order valence-electron chi connectivity index (χ3n) is 5.01. The van der Waals surface area contributed by atoms with E-state index in [1.165, 1.54) is 0 Å². The Morgan fingerprint density at radius 3 is 2.21 bits per heavy atom. The second-order valence-corrected chi connectivity index (χ2v) is 13.2. The number of amides is 2. The van der Waals surface area contributed by atoms with E-state index in [2.05, 4.69) is 31.9 Å². The maximum Gasteiger partial charge on any atom is 0.226 e. The van der Waals surface area contributed by atoms with Crippen LogP contribution in [-0.2, 0) is 18.8 Å². The summed E-state index contributed by atoms with van der Waals surface area (Å²) in [6.45, 7) is 10.6. The molecule has 1 aliphatic carbocycles. The van der Waals surface area contributed by atoms with Crippen LogP contribution in [0.15, 0.2) is 0 Å². The summed E-state index contributed by atoms with van der Waals surface area (Å²) < 4.78 is 6.39. The minimum atomic E-state index is -1.83. The molecule has 2 rings (SSSR count). The second-order valence-electron chi connectivity index (χ2n) is 8.74. The van der Waals surface area contributed by atoms with Crippen molar-refractivity contribution >= 4 is 25.9 Å². The van der Waals surface area contributed by atoms with Gasteiger partial charge in [0.2, 0.25) is 11.8 Å². The largest absolute Gasteiger partial charge is 0.414 e. The van der Waals surface area contributed by atoms with Gasteiger partial charge in [-0.1, -0.05) is 13.8 Å². The summed E-state index contributed by atoms with van der Waals surface area (Å²) in [7, 11) is -1.83. The van der Waals surface area contributed by atoms with E-state index in [-0.39, 0.29) is 35.7 Å². The molecule has 1 saturated heterocycles. The van der Waals surface area contributed by atoms with Gasteiger partial charge in [-0.15, -0.1) is 0 Å². The van der Waals surface area contributed by atoms with Crippen LogP contribution in [0.5, 0.6) is 0 Å². The van der Waals surface area contributed by atoms with Gasteiger partial charge in [0.1, 0.15) is 5.78 Å². The number of piperidine rings is 1. The standard InChI is InChI=1S/C18H31NO4Si/c1-11-6-12(2)18(22)14(7-11)15(23-24(3,4)5)8-13-9-16(20)19-17(21)10-13/h11-15H,6-10H2,1-5H3,(H,19,20,21)/t11-,12-,14-,15+/m0/s1. The summed E-state index contributed by atoms with van der Waals surface area (Å²) in [5, 5.41) is 2.36. The fourth-order valence-electron chi connectivity index (χ4n) is 4.16. The Labute approximate surface area is 146 Å². The molecule has 0 aromatic rings. The predicted octanol–water partition coefficient (Wildman–Crippen LogP) is 2.90. The third-order valence-corrected chi connectivity index (χ3v) is 6.02. The highest BCUT2D eigenvalue weighted by atomic mass is 28.4. The first-order valence-corrected chi connectivity index (χ1v) is 12.5. The number of Topliss-reactive ketones (excluding diaryl/α,β-unsaturated/α-hetero) is 1. The molecule has 0 spiro atoms. The molecule has 1 aliphatic heterocycles. The molecule has 1 N–H and O–H groups in total. The van der Waals surface area contributed by atoms with Crippen LogP contribution in [0, 0.1) is 23.7 Å². The number of hydrogen-bond acceptors (Lipinski definition) is 4. The fraction of sp³-hybridized carbons (Fsp3) is 0.833. The molecule has 1 heterocycles. The van der Waals surface area contributed by atoms with E-state index < -0.39 is 8.32 Å². The number of nitrogens with one attached hydrogen (secondary N) is 1. The highest BCUT2D eigenvalue weighted by Crippen LogP contribution is 2.37. The van der Waals surface area contributed by atoms with E-state index in [1.807, 2.05) is 6.92 Å². The van der Waals surface area contributed by atoms with E-state index in [9.17, 15) is 14.4 Å². The number of carbonyl (C=O) groups is 3. The van der Waals surface area contributed by atoms with Crippen LogP contribution in [0.1, 0.15) is 46.0 Å². The van der Waals surface area contributed by atoms with E-state index in [0.29, 0.717) is 31.0 Å². The Bertz CT molecular complexity index is 498. The van der Waals surface area contributed by atoms with Crippen molar-refractivity contribution in [3.8, 4) is 0 Å². The molecule has 2 aliphatic rings. The van der Waals surface area contributed by atoms with Gasteiger partial charge < -0.3 is 4.43 Å². The summed E-state index contributed by atoms with van der Waals surface area (Å²) in [5.74, 6) is 0.334. The first-order chi connectivity index (χ1) is 11.0. The monoisotopic (exact) mass is 353 g/mol. The second kappa shape index (κ2) is 7.48. The summed E-state index contributed by atoms with van der Waals surface area (Å²) >= 11 is 0. The Balaban J connectivity index is 2.16. The van der Waals surface area contributed by atoms with Gasteiger partial charge in [-0.3, -0.25) is 19.7 Å². The van der Waals surface area contributed by atoms with Crippen molar-refractivity contribution in [2.45, 2.75) is 71.7 Å². The van der Waals surface area contributed by atoms with Crippen LogP contribution in [-0.4, -0.2) is 32.0 Å². The van der Waals surface area contributed by atoms with Gasteiger partial charge in [-0.2, -0.15) is 0 Å². The minimum absolute atomic E-state index is 0.0204. The predicted molar refractivity (Wildman–Crippen MR) is 94.8 cm³/mol. The average molecular weight is 354 g/mol. The molecule has 0 aromatic heterocycles. The number of hydrogen-bond donors (Lipinski definition) is 1. The van der Waals surface area contributed by atoms with Gasteiger partial charge in [0.25, 0.3) is 0 Å². The lowest BCUT2D eigenvalue weighted by molar-refractivity contribution is -0.136. The molecule has 2 fully saturated rings. The highest BCUT2D eigenvalue weighted by Gasteiger charge is 2.41. The van der Waals surface area contributed by atoms with Crippen LogP contribution in [0.4, 0.5) is 0 Å². The van der Waals surface area contributed by atoms with Gasteiger partial charge >= 0.3 is 0 Å². The van der Waals surface area contributed by atoms with Gasteiger partial charge in [0.15, 0.2) is 8.32 Å². The van der Waals surface area contributed by atoms with Gasteiger partial charge in [0.05, 0.1) is 6.10 Å². The van der Waals surface area contributed by atoms with Gasteiger partial charge in [-0.05, 0) is 50.7 Å². The Morgan fingerprint density at radius 1 is 1.08 bits per heavy atom. The zero-order valence-corrected chi connectivity index (χ0v) is 16.6. The number of carbonyl (C=O) groups excluding carboxylic acids is 3. The maximum absolute atomic E-state index is 12.8. The number of rotatable bonds is 5. The fourth-order valence-corrected chi connectivity index (χ4v) is 5.33. The lowest BCUT2D eigenvalue weighted by Crippen LogP contribution is -2.46. The van der Waals surface area contributed by atoms with E-state index >= 15 is 0 Å². The molecular weight excluding hydrogens is 322 g/mol. The van der Waals surface area contributed by atoms with Crippen LogP contribution >= 0.6 is 0 Å². The molecule has 5 nitrogen and oxygen atoms in total. The first-order valence-electron chi connectivity index (χ1n) is 9.09. The molecule has 1 saturated carbocycles. The first kappa shape index (κ1) is 19.3. The number of imide groups is 1. The van der Waals surface area contributed by atoms with E-state index in [1.54, 1.807) is 0 Å². The number of ketones is 1. The molecular formula is C18H31NO4Si. The Kier molecular flexibility index (Phi) is 6.02. The SMILES string of the molecule is C[C@@H]1C[C@@H]([C@@H](CC2CC(=O)NC(=O)C2)O[Si](C)(C)C)C(=O)[C@@H](C)C1. The van der Waals surface area contributed by atoms with E-state index in [0.717, 1.165) is 12.8 Å².